The van der Waals surface area contributed by atoms with Gasteiger partial charge in [0.05, 0.1) is 11.3 Å². The quantitative estimate of drug-likeness (QED) is 0.273. The monoisotopic (exact) mass is 493 g/mol. The normalized spacial score (nSPS) is 11.2. The number of halogens is 3. The van der Waals surface area contributed by atoms with Crippen molar-refractivity contribution in [3.63, 3.8) is 0 Å². The summed E-state index contributed by atoms with van der Waals surface area (Å²) in [6.07, 6.45) is -2.53. The highest BCUT2D eigenvalue weighted by molar-refractivity contribution is 5.69. The molecule has 0 amide bonds. The zero-order valence-electron chi connectivity index (χ0n) is 19.3. The molecule has 0 atom stereocenters. The van der Waals surface area contributed by atoms with Crippen molar-refractivity contribution in [2.75, 3.05) is 0 Å². The van der Waals surface area contributed by atoms with E-state index >= 15 is 0 Å². The molecule has 0 spiro atoms. The topological polar surface area (TPSA) is 68.7 Å². The first kappa shape index (κ1) is 24.8. The summed E-state index contributed by atoms with van der Waals surface area (Å²) in [5.74, 6) is 0.770. The van der Waals surface area contributed by atoms with E-state index < -0.39 is 17.7 Å². The number of aryl methyl sites for hydroxylation is 2. The summed E-state index contributed by atoms with van der Waals surface area (Å²) in [5, 5.41) is 8.89. The second-order valence-electron chi connectivity index (χ2n) is 8.08. The average Bonchev–Trinajstić information content (AvgIpc) is 2.84. The molecule has 5 nitrogen and oxygen atoms in total. The van der Waals surface area contributed by atoms with Gasteiger partial charge in [-0.3, -0.25) is 9.78 Å². The number of alkyl halides is 3. The van der Waals surface area contributed by atoms with Crippen LogP contribution in [0, 0.1) is 6.92 Å². The van der Waals surface area contributed by atoms with E-state index in [1.165, 1.54) is 12.3 Å². The smallest absolute Gasteiger partial charge is 0.416 e. The fourth-order valence-corrected chi connectivity index (χ4v) is 3.64. The van der Waals surface area contributed by atoms with Gasteiger partial charge in [-0.1, -0.05) is 18.2 Å². The van der Waals surface area contributed by atoms with E-state index in [2.05, 4.69) is 4.98 Å². The lowest BCUT2D eigenvalue weighted by Gasteiger charge is -2.15. The molecule has 4 rings (SSSR count). The molecule has 0 aliphatic rings. The lowest BCUT2D eigenvalue weighted by Crippen LogP contribution is -2.05. The third kappa shape index (κ3) is 6.21. The predicted octanol–water partition coefficient (Wildman–Crippen LogP) is 7.68. The summed E-state index contributed by atoms with van der Waals surface area (Å²) in [5.41, 5.74) is 1.60. The summed E-state index contributed by atoms with van der Waals surface area (Å²) in [4.78, 5) is 15.0. The van der Waals surface area contributed by atoms with Crippen LogP contribution in [0.1, 0.15) is 23.1 Å². The Kier molecular flexibility index (Phi) is 7.24. The van der Waals surface area contributed by atoms with E-state index in [0.717, 1.165) is 23.3 Å². The molecule has 0 saturated carbocycles. The summed E-state index contributed by atoms with van der Waals surface area (Å²) in [7, 11) is 0. The molecule has 1 N–H and O–H groups in total. The van der Waals surface area contributed by atoms with Crippen molar-refractivity contribution in [1.29, 1.82) is 0 Å². The summed E-state index contributed by atoms with van der Waals surface area (Å²) in [6, 6.07) is 20.4. The standard InChI is InChI=1S/C28H22F3NO4/c1-18-15-23(11-8-19(18)9-13-27(33)34)35-21-5-4-6-22(17-21)36-26-12-10-20(28(29,30)31)16-24(26)25-7-2-3-14-32-25/h2-8,10-12,14-17H,9,13H2,1H3,(H,33,34). The second-order valence-corrected chi connectivity index (χ2v) is 8.08. The molecule has 0 bridgehead atoms. The van der Waals surface area contributed by atoms with Crippen LogP contribution in [0.3, 0.4) is 0 Å². The van der Waals surface area contributed by atoms with Crippen molar-refractivity contribution < 1.29 is 32.5 Å². The molecule has 3 aromatic carbocycles. The Bertz CT molecular complexity index is 1370. The van der Waals surface area contributed by atoms with Crippen LogP contribution in [0.4, 0.5) is 13.2 Å². The van der Waals surface area contributed by atoms with Crippen LogP contribution in [0.25, 0.3) is 11.3 Å². The number of carboxylic acids is 1. The third-order valence-electron chi connectivity index (χ3n) is 5.44. The predicted molar refractivity (Wildman–Crippen MR) is 128 cm³/mol. The first-order valence-corrected chi connectivity index (χ1v) is 11.1. The van der Waals surface area contributed by atoms with Crippen LogP contribution >= 0.6 is 0 Å². The van der Waals surface area contributed by atoms with Gasteiger partial charge in [0.1, 0.15) is 23.0 Å². The van der Waals surface area contributed by atoms with Crippen molar-refractivity contribution in [2.45, 2.75) is 25.9 Å². The zero-order valence-corrected chi connectivity index (χ0v) is 19.3. The maximum atomic E-state index is 13.3. The fraction of sp³-hybridized carbons (Fsp3) is 0.143. The van der Waals surface area contributed by atoms with Crippen LogP contribution in [0.2, 0.25) is 0 Å². The Morgan fingerprint density at radius 1 is 0.889 bits per heavy atom. The lowest BCUT2D eigenvalue weighted by molar-refractivity contribution is -0.138. The van der Waals surface area contributed by atoms with Crippen molar-refractivity contribution >= 4 is 5.97 Å². The van der Waals surface area contributed by atoms with Crippen LogP contribution < -0.4 is 9.47 Å². The molecule has 0 aliphatic carbocycles. The molecular weight excluding hydrogens is 471 g/mol. The van der Waals surface area contributed by atoms with Gasteiger partial charge < -0.3 is 14.6 Å². The number of nitrogens with zero attached hydrogens (tertiary/aromatic N) is 1. The molecular formula is C28H22F3NO4. The van der Waals surface area contributed by atoms with Crippen LogP contribution in [0.5, 0.6) is 23.0 Å². The van der Waals surface area contributed by atoms with Gasteiger partial charge in [0.2, 0.25) is 0 Å². The minimum atomic E-state index is -4.50. The first-order valence-electron chi connectivity index (χ1n) is 11.1. The second kappa shape index (κ2) is 10.5. The Labute approximate surface area is 205 Å². The lowest BCUT2D eigenvalue weighted by atomic mass is 10.0. The molecule has 0 radical (unpaired) electrons. The number of hydrogen-bond donors (Lipinski definition) is 1. The van der Waals surface area contributed by atoms with E-state index in [1.807, 2.05) is 19.1 Å². The van der Waals surface area contributed by atoms with Gasteiger partial charge in [-0.25, -0.2) is 0 Å². The maximum Gasteiger partial charge on any atom is 0.416 e. The molecule has 1 aromatic heterocycles. The van der Waals surface area contributed by atoms with Crippen molar-refractivity contribution in [2.24, 2.45) is 0 Å². The highest BCUT2D eigenvalue weighted by Gasteiger charge is 2.31. The average molecular weight is 493 g/mol. The number of carboxylic acid groups (broad SMARTS) is 1. The Morgan fingerprint density at radius 2 is 1.64 bits per heavy atom. The minimum absolute atomic E-state index is 0.0465. The molecule has 0 saturated heterocycles. The van der Waals surface area contributed by atoms with Crippen molar-refractivity contribution in [3.8, 4) is 34.3 Å². The van der Waals surface area contributed by atoms with Crippen molar-refractivity contribution in [1.82, 2.24) is 4.98 Å². The minimum Gasteiger partial charge on any atom is -0.481 e. The third-order valence-corrected chi connectivity index (χ3v) is 5.44. The Morgan fingerprint density at radius 3 is 2.31 bits per heavy atom. The number of carbonyl (C=O) groups is 1. The Balaban J connectivity index is 1.57. The molecule has 184 valence electrons. The van der Waals surface area contributed by atoms with Gasteiger partial charge in [0.15, 0.2) is 0 Å². The largest absolute Gasteiger partial charge is 0.481 e. The first-order chi connectivity index (χ1) is 17.2. The fourth-order valence-electron chi connectivity index (χ4n) is 3.64. The van der Waals surface area contributed by atoms with Crippen molar-refractivity contribution in [3.05, 3.63) is 102 Å². The van der Waals surface area contributed by atoms with Gasteiger partial charge in [-0.05, 0) is 79.1 Å². The number of hydrogen-bond acceptors (Lipinski definition) is 4. The molecule has 0 aliphatic heterocycles. The number of aromatic nitrogens is 1. The Hall–Kier alpha value is -4.33. The number of rotatable bonds is 8. The van der Waals surface area contributed by atoms with Gasteiger partial charge in [-0.2, -0.15) is 13.2 Å². The molecule has 0 fully saturated rings. The highest BCUT2D eigenvalue weighted by atomic mass is 19.4. The number of aliphatic carboxylic acids is 1. The molecule has 36 heavy (non-hydrogen) atoms. The van der Waals surface area contributed by atoms with E-state index in [1.54, 1.807) is 48.5 Å². The van der Waals surface area contributed by atoms with Gasteiger partial charge in [0.25, 0.3) is 0 Å². The number of pyridine rings is 1. The molecule has 8 heteroatoms. The molecule has 0 unspecified atom stereocenters. The van der Waals surface area contributed by atoms with E-state index in [4.69, 9.17) is 14.6 Å². The number of benzene rings is 3. The van der Waals surface area contributed by atoms with E-state index in [-0.39, 0.29) is 17.7 Å². The zero-order chi connectivity index (χ0) is 25.7. The van der Waals surface area contributed by atoms with Crippen LogP contribution in [-0.4, -0.2) is 16.1 Å². The summed E-state index contributed by atoms with van der Waals surface area (Å²) in [6.45, 7) is 1.88. The van der Waals surface area contributed by atoms with Gasteiger partial charge in [0, 0.05) is 24.2 Å². The summed E-state index contributed by atoms with van der Waals surface area (Å²) >= 11 is 0. The maximum absolute atomic E-state index is 13.3. The summed E-state index contributed by atoms with van der Waals surface area (Å²) < 4.78 is 51.9. The van der Waals surface area contributed by atoms with Gasteiger partial charge in [-0.15, -0.1) is 0 Å². The van der Waals surface area contributed by atoms with E-state index in [0.29, 0.717) is 29.4 Å². The highest BCUT2D eigenvalue weighted by Crippen LogP contribution is 2.39. The van der Waals surface area contributed by atoms with E-state index in [9.17, 15) is 18.0 Å². The number of ether oxygens (including phenoxy) is 2. The van der Waals surface area contributed by atoms with Crippen LogP contribution in [0.15, 0.2) is 85.1 Å². The molecule has 4 aromatic rings. The van der Waals surface area contributed by atoms with Crippen LogP contribution in [-0.2, 0) is 17.4 Å². The molecule has 1 heterocycles. The van der Waals surface area contributed by atoms with Gasteiger partial charge >= 0.3 is 12.1 Å². The SMILES string of the molecule is Cc1cc(Oc2cccc(Oc3ccc(C(F)(F)F)cc3-c3ccccn3)c2)ccc1CCC(=O)O.